The van der Waals surface area contributed by atoms with Gasteiger partial charge in [-0.2, -0.15) is 0 Å². The molecule has 1 aliphatic heterocycles. The van der Waals surface area contributed by atoms with Crippen molar-refractivity contribution in [3.63, 3.8) is 0 Å². The number of rotatable bonds is 9. The number of anilines is 2. The topological polar surface area (TPSA) is 79.7 Å². The van der Waals surface area contributed by atoms with Crippen LogP contribution in [0.1, 0.15) is 26.2 Å². The molecular weight excluding hydrogens is 447 g/mol. The third-order valence-corrected chi connectivity index (χ3v) is 6.21. The number of nitrogens with zero attached hydrogens (tertiary/aromatic N) is 3. The molecule has 2 heterocycles. The molecule has 2 atom stereocenters. The summed E-state index contributed by atoms with van der Waals surface area (Å²) >= 11 is 5.91. The number of likely N-dealkylation sites (tertiary alicyclic amines) is 1. The lowest BCUT2D eigenvalue weighted by Gasteiger charge is -2.26. The highest BCUT2D eigenvalue weighted by molar-refractivity contribution is 6.31. The predicted molar refractivity (Wildman–Crippen MR) is 127 cm³/mol. The average molecular weight is 475 g/mol. The Hall–Kier alpha value is -2.68. The minimum Gasteiger partial charge on any atom is -0.493 e. The Morgan fingerprint density at radius 1 is 1.27 bits per heavy atom. The van der Waals surface area contributed by atoms with Crippen LogP contribution in [0.2, 0.25) is 5.02 Å². The Morgan fingerprint density at radius 3 is 2.88 bits per heavy atom. The molecule has 1 aliphatic rings. The first-order chi connectivity index (χ1) is 16.0. The predicted octanol–water partition coefficient (Wildman–Crippen LogP) is 4.79. The number of hydrogen-bond donors (Lipinski definition) is 2. The maximum absolute atomic E-state index is 13.5. The van der Waals surface area contributed by atoms with E-state index in [0.29, 0.717) is 35.1 Å². The standard InChI is InChI=1S/C24H28ClFN4O3/c1-15(31)21-5-3-8-30(21)9-4-10-33-23-12-17-20(13-22(23)32-2)27-14-28-24(17)29-16-6-7-19(26)18(25)11-16/h6-7,11-15,21,31H,3-5,8-10H2,1-2H3,(H,27,28,29)/t15-,21+/m1/s1. The SMILES string of the molecule is COc1cc2ncnc(Nc3ccc(F)c(Cl)c3)c2cc1OCCCN1CCC[C@H]1[C@@H](C)O. The summed E-state index contributed by atoms with van der Waals surface area (Å²) in [4.78, 5) is 11.0. The molecule has 4 rings (SSSR count). The molecule has 33 heavy (non-hydrogen) atoms. The minimum atomic E-state index is -0.483. The zero-order valence-corrected chi connectivity index (χ0v) is 19.5. The molecular formula is C24H28ClFN4O3. The van der Waals surface area contributed by atoms with E-state index in [1.54, 1.807) is 19.2 Å². The van der Waals surface area contributed by atoms with Gasteiger partial charge in [0.25, 0.3) is 0 Å². The maximum atomic E-state index is 13.5. The number of aromatic nitrogens is 2. The monoisotopic (exact) mass is 474 g/mol. The van der Waals surface area contributed by atoms with Crippen LogP contribution >= 0.6 is 11.6 Å². The molecule has 176 valence electrons. The third-order valence-electron chi connectivity index (χ3n) is 5.92. The van der Waals surface area contributed by atoms with Gasteiger partial charge < -0.3 is 19.9 Å². The van der Waals surface area contributed by atoms with Crippen LogP contribution in [-0.2, 0) is 0 Å². The molecule has 0 bridgehead atoms. The first kappa shape index (κ1) is 23.5. The van der Waals surface area contributed by atoms with E-state index >= 15 is 0 Å². The van der Waals surface area contributed by atoms with Gasteiger partial charge in [0.1, 0.15) is 18.0 Å². The zero-order valence-electron chi connectivity index (χ0n) is 18.7. The lowest BCUT2D eigenvalue weighted by Crippen LogP contribution is -2.38. The molecule has 0 amide bonds. The van der Waals surface area contributed by atoms with E-state index in [4.69, 9.17) is 21.1 Å². The first-order valence-corrected chi connectivity index (χ1v) is 11.4. The van der Waals surface area contributed by atoms with Crippen molar-refractivity contribution in [2.75, 3.05) is 32.1 Å². The Morgan fingerprint density at radius 2 is 2.12 bits per heavy atom. The van der Waals surface area contributed by atoms with Gasteiger partial charge in [0, 0.05) is 29.7 Å². The second-order valence-electron chi connectivity index (χ2n) is 8.18. The van der Waals surface area contributed by atoms with E-state index in [2.05, 4.69) is 20.2 Å². The molecule has 0 unspecified atom stereocenters. The van der Waals surface area contributed by atoms with Gasteiger partial charge in [-0.05, 0) is 57.0 Å². The van der Waals surface area contributed by atoms with Crippen LogP contribution in [0.3, 0.4) is 0 Å². The molecule has 0 saturated carbocycles. The summed E-state index contributed by atoms with van der Waals surface area (Å²) in [6.07, 6.45) is 4.10. The molecule has 0 aliphatic carbocycles. The van der Waals surface area contributed by atoms with Crippen molar-refractivity contribution >= 4 is 34.0 Å². The molecule has 0 radical (unpaired) electrons. The number of nitrogens with one attached hydrogen (secondary N) is 1. The maximum Gasteiger partial charge on any atom is 0.162 e. The van der Waals surface area contributed by atoms with Gasteiger partial charge in [-0.25, -0.2) is 14.4 Å². The lowest BCUT2D eigenvalue weighted by atomic mass is 10.1. The van der Waals surface area contributed by atoms with E-state index in [9.17, 15) is 9.50 Å². The van der Waals surface area contributed by atoms with Crippen LogP contribution < -0.4 is 14.8 Å². The van der Waals surface area contributed by atoms with Crippen molar-refractivity contribution in [3.8, 4) is 11.5 Å². The van der Waals surface area contributed by atoms with Crippen molar-refractivity contribution in [1.82, 2.24) is 14.9 Å². The van der Waals surface area contributed by atoms with Crippen LogP contribution in [0.25, 0.3) is 10.9 Å². The largest absolute Gasteiger partial charge is 0.493 e. The fourth-order valence-corrected chi connectivity index (χ4v) is 4.45. The molecule has 0 spiro atoms. The summed E-state index contributed by atoms with van der Waals surface area (Å²) in [7, 11) is 1.59. The van der Waals surface area contributed by atoms with Crippen LogP contribution in [0.15, 0.2) is 36.7 Å². The summed E-state index contributed by atoms with van der Waals surface area (Å²) in [5, 5.41) is 13.9. The molecule has 2 aromatic carbocycles. The van der Waals surface area contributed by atoms with Crippen LogP contribution in [0.4, 0.5) is 15.9 Å². The normalized spacial score (nSPS) is 17.3. The third kappa shape index (κ3) is 5.46. The first-order valence-electron chi connectivity index (χ1n) is 11.1. The quantitative estimate of drug-likeness (QED) is 0.431. The van der Waals surface area contributed by atoms with Crippen LogP contribution in [0.5, 0.6) is 11.5 Å². The molecule has 3 aromatic rings. The summed E-state index contributed by atoms with van der Waals surface area (Å²) in [6.45, 7) is 4.24. The van der Waals surface area contributed by atoms with E-state index in [1.165, 1.54) is 18.5 Å². The highest BCUT2D eigenvalue weighted by Crippen LogP contribution is 2.35. The van der Waals surface area contributed by atoms with Crippen molar-refractivity contribution in [1.29, 1.82) is 0 Å². The Kier molecular flexibility index (Phi) is 7.47. The smallest absolute Gasteiger partial charge is 0.162 e. The van der Waals surface area contributed by atoms with E-state index in [1.807, 2.05) is 13.0 Å². The highest BCUT2D eigenvalue weighted by Gasteiger charge is 2.27. The van der Waals surface area contributed by atoms with Crippen molar-refractivity contribution in [2.24, 2.45) is 0 Å². The number of aliphatic hydroxyl groups is 1. The van der Waals surface area contributed by atoms with Crippen molar-refractivity contribution in [2.45, 2.75) is 38.3 Å². The van der Waals surface area contributed by atoms with Crippen molar-refractivity contribution < 1.29 is 19.0 Å². The van der Waals surface area contributed by atoms with Crippen LogP contribution in [-0.4, -0.2) is 58.9 Å². The minimum absolute atomic E-state index is 0.0277. The fourth-order valence-electron chi connectivity index (χ4n) is 4.27. The van der Waals surface area contributed by atoms with Gasteiger partial charge in [-0.15, -0.1) is 0 Å². The Balaban J connectivity index is 1.49. The number of methoxy groups -OCH3 is 1. The number of halogens is 2. The number of fused-ring (bicyclic) bond motifs is 1. The molecule has 9 heteroatoms. The summed E-state index contributed by atoms with van der Waals surface area (Å²) in [5.41, 5.74) is 1.29. The van der Waals surface area contributed by atoms with Gasteiger partial charge >= 0.3 is 0 Å². The lowest BCUT2D eigenvalue weighted by molar-refractivity contribution is 0.0833. The molecule has 7 nitrogen and oxygen atoms in total. The zero-order chi connectivity index (χ0) is 23.4. The number of ether oxygens (including phenoxy) is 2. The number of benzene rings is 2. The van der Waals surface area contributed by atoms with Crippen LogP contribution in [0, 0.1) is 5.82 Å². The molecule has 1 fully saturated rings. The average Bonchev–Trinajstić information content (AvgIpc) is 3.28. The second-order valence-corrected chi connectivity index (χ2v) is 8.59. The van der Waals surface area contributed by atoms with Gasteiger partial charge in [0.2, 0.25) is 0 Å². The van der Waals surface area contributed by atoms with E-state index in [0.717, 1.165) is 37.7 Å². The van der Waals surface area contributed by atoms with E-state index < -0.39 is 5.82 Å². The highest BCUT2D eigenvalue weighted by atomic mass is 35.5. The molecule has 1 aromatic heterocycles. The fraction of sp³-hybridized carbons (Fsp3) is 0.417. The Labute approximate surface area is 197 Å². The number of hydrogen-bond acceptors (Lipinski definition) is 7. The van der Waals surface area contributed by atoms with Gasteiger partial charge in [-0.3, -0.25) is 4.90 Å². The second kappa shape index (κ2) is 10.5. The summed E-state index contributed by atoms with van der Waals surface area (Å²) in [6, 6.07) is 8.27. The number of aliphatic hydroxyl groups excluding tert-OH is 1. The Bertz CT molecular complexity index is 1110. The molecule has 1 saturated heterocycles. The van der Waals surface area contributed by atoms with Gasteiger partial charge in [0.05, 0.1) is 30.4 Å². The summed E-state index contributed by atoms with van der Waals surface area (Å²) < 4.78 is 25.1. The van der Waals surface area contributed by atoms with E-state index in [-0.39, 0.29) is 17.2 Å². The molecule has 2 N–H and O–H groups in total. The summed E-state index contributed by atoms with van der Waals surface area (Å²) in [5.74, 6) is 1.24. The van der Waals surface area contributed by atoms with Gasteiger partial charge in [0.15, 0.2) is 11.5 Å². The van der Waals surface area contributed by atoms with Gasteiger partial charge in [-0.1, -0.05) is 11.6 Å². The van der Waals surface area contributed by atoms with Crippen molar-refractivity contribution in [3.05, 3.63) is 47.5 Å².